The van der Waals surface area contributed by atoms with Crippen LogP contribution < -0.4 is 5.73 Å². The van der Waals surface area contributed by atoms with Crippen LogP contribution in [0, 0.1) is 0 Å². The van der Waals surface area contributed by atoms with Gasteiger partial charge in [-0.2, -0.15) is 0 Å². The Balaban J connectivity index is 2.06. The van der Waals surface area contributed by atoms with Crippen LogP contribution in [0.5, 0.6) is 0 Å². The van der Waals surface area contributed by atoms with Gasteiger partial charge in [-0.1, -0.05) is 19.1 Å². The molecular weight excluding hydrogens is 224 g/mol. The summed E-state index contributed by atoms with van der Waals surface area (Å²) >= 11 is 0. The molecule has 0 bridgehead atoms. The molecule has 0 spiro atoms. The third-order valence-corrected chi connectivity index (χ3v) is 2.98. The van der Waals surface area contributed by atoms with Gasteiger partial charge in [0.2, 0.25) is 0 Å². The normalized spacial score (nSPS) is 12.1. The summed E-state index contributed by atoms with van der Waals surface area (Å²) in [4.78, 5) is 16.0. The van der Waals surface area contributed by atoms with Gasteiger partial charge < -0.3 is 5.73 Å². The summed E-state index contributed by atoms with van der Waals surface area (Å²) in [6.45, 7) is 2.04. The van der Waals surface area contributed by atoms with Crippen molar-refractivity contribution < 1.29 is 4.79 Å². The molecule has 3 heteroatoms. The Kier molecular flexibility index (Phi) is 3.72. The van der Waals surface area contributed by atoms with Gasteiger partial charge in [-0.3, -0.25) is 9.78 Å². The lowest BCUT2D eigenvalue weighted by Gasteiger charge is -2.11. The first-order valence-corrected chi connectivity index (χ1v) is 5.95. The van der Waals surface area contributed by atoms with E-state index in [-0.39, 0.29) is 11.7 Å². The number of nitrogens with zero attached hydrogens (tertiary/aromatic N) is 1. The van der Waals surface area contributed by atoms with Gasteiger partial charge in [0.05, 0.1) is 0 Å². The molecule has 1 heterocycles. The molecule has 2 N–H and O–H groups in total. The topological polar surface area (TPSA) is 56.0 Å². The first kappa shape index (κ1) is 12.3. The summed E-state index contributed by atoms with van der Waals surface area (Å²) in [5, 5.41) is 0. The second kappa shape index (κ2) is 5.45. The number of carbonyl (C=O) groups excluding carboxylic acids is 1. The maximum absolute atomic E-state index is 12.0. The van der Waals surface area contributed by atoms with E-state index in [0.29, 0.717) is 12.0 Å². The zero-order chi connectivity index (χ0) is 13.0. The molecule has 0 saturated heterocycles. The molecule has 0 aliphatic heterocycles. The molecule has 2 aromatic rings. The van der Waals surface area contributed by atoms with Gasteiger partial charge >= 0.3 is 0 Å². The summed E-state index contributed by atoms with van der Waals surface area (Å²) in [5.41, 5.74) is 8.18. The monoisotopic (exact) mass is 240 g/mol. The standard InChI is InChI=1S/C15H16N2O/c1-11(12-4-6-14(16)7-5-12)9-15(18)13-3-2-8-17-10-13/h2-8,10-11H,9,16H2,1H3. The smallest absolute Gasteiger partial charge is 0.165 e. The molecule has 0 amide bonds. The Bertz CT molecular complexity index is 520. The third-order valence-electron chi connectivity index (χ3n) is 2.98. The van der Waals surface area contributed by atoms with Crippen LogP contribution in [0.1, 0.15) is 35.2 Å². The van der Waals surface area contributed by atoms with Crippen molar-refractivity contribution in [2.24, 2.45) is 0 Å². The zero-order valence-electron chi connectivity index (χ0n) is 10.3. The van der Waals surface area contributed by atoms with Crippen molar-refractivity contribution in [3.8, 4) is 0 Å². The number of hydrogen-bond donors (Lipinski definition) is 1. The van der Waals surface area contributed by atoms with Crippen molar-refractivity contribution >= 4 is 11.5 Å². The lowest BCUT2D eigenvalue weighted by molar-refractivity contribution is 0.0975. The number of Topliss-reactive ketones (excluding diaryl/α,β-unsaturated/α-hetero) is 1. The van der Waals surface area contributed by atoms with E-state index in [4.69, 9.17) is 5.73 Å². The van der Waals surface area contributed by atoms with E-state index in [1.165, 1.54) is 0 Å². The van der Waals surface area contributed by atoms with Gasteiger partial charge in [0.25, 0.3) is 0 Å². The van der Waals surface area contributed by atoms with Gasteiger partial charge in [0.15, 0.2) is 5.78 Å². The highest BCUT2D eigenvalue weighted by molar-refractivity contribution is 5.96. The van der Waals surface area contributed by atoms with Gasteiger partial charge in [0, 0.05) is 30.1 Å². The van der Waals surface area contributed by atoms with Crippen LogP contribution in [0.2, 0.25) is 0 Å². The number of benzene rings is 1. The number of carbonyl (C=O) groups is 1. The maximum Gasteiger partial charge on any atom is 0.165 e. The number of aromatic nitrogens is 1. The summed E-state index contributed by atoms with van der Waals surface area (Å²) < 4.78 is 0. The number of nitrogens with two attached hydrogens (primary N) is 1. The molecule has 3 nitrogen and oxygen atoms in total. The molecule has 1 aromatic heterocycles. The molecule has 1 aromatic carbocycles. The first-order valence-electron chi connectivity index (χ1n) is 5.95. The fraction of sp³-hybridized carbons (Fsp3) is 0.200. The Morgan fingerprint density at radius 1 is 1.28 bits per heavy atom. The highest BCUT2D eigenvalue weighted by Gasteiger charge is 2.12. The van der Waals surface area contributed by atoms with E-state index in [0.717, 1.165) is 11.3 Å². The minimum atomic E-state index is 0.118. The van der Waals surface area contributed by atoms with Gasteiger partial charge in [-0.05, 0) is 35.7 Å². The van der Waals surface area contributed by atoms with Gasteiger partial charge in [0.1, 0.15) is 0 Å². The zero-order valence-corrected chi connectivity index (χ0v) is 10.3. The summed E-state index contributed by atoms with van der Waals surface area (Å²) in [6, 6.07) is 11.2. The molecule has 2 rings (SSSR count). The highest BCUT2D eigenvalue weighted by Crippen LogP contribution is 2.21. The van der Waals surface area contributed by atoms with Gasteiger partial charge in [-0.25, -0.2) is 0 Å². The molecule has 92 valence electrons. The average molecular weight is 240 g/mol. The third kappa shape index (κ3) is 2.94. The van der Waals surface area contributed by atoms with Crippen LogP contribution in [-0.4, -0.2) is 10.8 Å². The Morgan fingerprint density at radius 3 is 2.61 bits per heavy atom. The maximum atomic E-state index is 12.0. The SMILES string of the molecule is CC(CC(=O)c1cccnc1)c1ccc(N)cc1. The van der Waals surface area contributed by atoms with E-state index < -0.39 is 0 Å². The number of ketones is 1. The summed E-state index contributed by atoms with van der Waals surface area (Å²) in [5.74, 6) is 0.297. The van der Waals surface area contributed by atoms with Crippen molar-refractivity contribution in [2.45, 2.75) is 19.3 Å². The van der Waals surface area contributed by atoms with Crippen LogP contribution in [-0.2, 0) is 0 Å². The Morgan fingerprint density at radius 2 is 2.00 bits per heavy atom. The first-order chi connectivity index (χ1) is 8.66. The molecule has 18 heavy (non-hydrogen) atoms. The number of hydrogen-bond acceptors (Lipinski definition) is 3. The van der Waals surface area contributed by atoms with E-state index >= 15 is 0 Å². The van der Waals surface area contributed by atoms with Crippen LogP contribution in [0.3, 0.4) is 0 Å². The van der Waals surface area contributed by atoms with Crippen LogP contribution in [0.25, 0.3) is 0 Å². The van der Waals surface area contributed by atoms with Crippen LogP contribution in [0.4, 0.5) is 5.69 Å². The fourth-order valence-corrected chi connectivity index (χ4v) is 1.87. The van der Waals surface area contributed by atoms with E-state index in [1.54, 1.807) is 24.5 Å². The van der Waals surface area contributed by atoms with Crippen LogP contribution >= 0.6 is 0 Å². The summed E-state index contributed by atoms with van der Waals surface area (Å²) in [6.07, 6.45) is 3.76. The molecule has 0 saturated carbocycles. The molecule has 0 aliphatic carbocycles. The van der Waals surface area contributed by atoms with Gasteiger partial charge in [-0.15, -0.1) is 0 Å². The van der Waals surface area contributed by atoms with Crippen molar-refractivity contribution in [3.63, 3.8) is 0 Å². The second-order valence-electron chi connectivity index (χ2n) is 4.44. The number of anilines is 1. The lowest BCUT2D eigenvalue weighted by atomic mass is 9.93. The molecule has 1 unspecified atom stereocenters. The summed E-state index contributed by atoms with van der Waals surface area (Å²) in [7, 11) is 0. The molecule has 1 atom stereocenters. The van der Waals surface area contributed by atoms with E-state index in [1.807, 2.05) is 31.2 Å². The predicted octanol–water partition coefficient (Wildman–Crippen LogP) is 3.04. The van der Waals surface area contributed by atoms with Crippen molar-refractivity contribution in [3.05, 3.63) is 59.9 Å². The Labute approximate surface area is 107 Å². The van der Waals surface area contributed by atoms with E-state index in [9.17, 15) is 4.79 Å². The number of pyridine rings is 1. The largest absolute Gasteiger partial charge is 0.399 e. The van der Waals surface area contributed by atoms with Crippen molar-refractivity contribution in [2.75, 3.05) is 5.73 Å². The van der Waals surface area contributed by atoms with Crippen LogP contribution in [0.15, 0.2) is 48.8 Å². The van der Waals surface area contributed by atoms with Crippen molar-refractivity contribution in [1.82, 2.24) is 4.98 Å². The number of nitrogen functional groups attached to an aromatic ring is 1. The second-order valence-corrected chi connectivity index (χ2v) is 4.44. The van der Waals surface area contributed by atoms with Crippen molar-refractivity contribution in [1.29, 1.82) is 0 Å². The predicted molar refractivity (Wildman–Crippen MR) is 72.5 cm³/mol. The number of rotatable bonds is 4. The molecule has 0 aliphatic rings. The molecule has 0 fully saturated rings. The lowest BCUT2D eigenvalue weighted by Crippen LogP contribution is -2.05. The Hall–Kier alpha value is -2.16. The minimum absolute atomic E-state index is 0.118. The average Bonchev–Trinajstić information content (AvgIpc) is 2.40. The molecule has 0 radical (unpaired) electrons. The fourth-order valence-electron chi connectivity index (χ4n) is 1.87. The minimum Gasteiger partial charge on any atom is -0.399 e. The molecular formula is C15H16N2O. The van der Waals surface area contributed by atoms with E-state index in [2.05, 4.69) is 4.98 Å². The quantitative estimate of drug-likeness (QED) is 0.660. The highest BCUT2D eigenvalue weighted by atomic mass is 16.1.